The van der Waals surface area contributed by atoms with Crippen molar-refractivity contribution in [1.29, 1.82) is 0 Å². The molecule has 0 saturated heterocycles. The number of carbonyl (C=O) groups is 1. The SMILES string of the molecule is COc1ccc(-n2ccnc2SC(C)C(=O)Nc2ccccc2C(F)(F)F)cc1. The lowest BCUT2D eigenvalue weighted by molar-refractivity contribution is -0.137. The summed E-state index contributed by atoms with van der Waals surface area (Å²) in [5.41, 5.74) is -0.331. The molecule has 0 aliphatic rings. The predicted molar refractivity (Wildman–Crippen MR) is 106 cm³/mol. The van der Waals surface area contributed by atoms with E-state index in [0.717, 1.165) is 23.5 Å². The zero-order chi connectivity index (χ0) is 21.0. The van der Waals surface area contributed by atoms with E-state index >= 15 is 0 Å². The third kappa shape index (κ3) is 4.92. The summed E-state index contributed by atoms with van der Waals surface area (Å²) in [7, 11) is 1.57. The van der Waals surface area contributed by atoms with Crippen LogP contribution >= 0.6 is 11.8 Å². The Hall–Kier alpha value is -2.94. The normalized spacial score (nSPS) is 12.4. The van der Waals surface area contributed by atoms with Crippen LogP contribution in [-0.2, 0) is 11.0 Å². The number of hydrogen-bond donors (Lipinski definition) is 1. The summed E-state index contributed by atoms with van der Waals surface area (Å²) >= 11 is 1.15. The van der Waals surface area contributed by atoms with Crippen LogP contribution in [-0.4, -0.2) is 27.8 Å². The Bertz CT molecular complexity index is 987. The van der Waals surface area contributed by atoms with Crippen molar-refractivity contribution < 1.29 is 22.7 Å². The lowest BCUT2D eigenvalue weighted by atomic mass is 10.1. The van der Waals surface area contributed by atoms with Crippen molar-refractivity contribution in [2.24, 2.45) is 0 Å². The summed E-state index contributed by atoms with van der Waals surface area (Å²) in [6.07, 6.45) is -1.21. The van der Waals surface area contributed by atoms with Crippen LogP contribution in [0, 0.1) is 0 Å². The molecule has 29 heavy (non-hydrogen) atoms. The maximum atomic E-state index is 13.1. The maximum Gasteiger partial charge on any atom is 0.418 e. The first kappa shape index (κ1) is 20.8. The predicted octanol–water partition coefficient (Wildman–Crippen LogP) is 5.02. The number of benzene rings is 2. The molecule has 0 radical (unpaired) electrons. The number of hydrogen-bond acceptors (Lipinski definition) is 4. The summed E-state index contributed by atoms with van der Waals surface area (Å²) in [4.78, 5) is 16.8. The van der Waals surface area contributed by atoms with Crippen molar-refractivity contribution in [3.8, 4) is 11.4 Å². The van der Waals surface area contributed by atoms with E-state index in [9.17, 15) is 18.0 Å². The molecule has 0 spiro atoms. The summed E-state index contributed by atoms with van der Waals surface area (Å²) in [5, 5.41) is 2.24. The van der Waals surface area contributed by atoms with Crippen LogP contribution in [0.25, 0.3) is 5.69 Å². The summed E-state index contributed by atoms with van der Waals surface area (Å²) < 4.78 is 46.3. The number of nitrogens with one attached hydrogen (secondary N) is 1. The number of amides is 1. The van der Waals surface area contributed by atoms with Crippen molar-refractivity contribution in [2.75, 3.05) is 12.4 Å². The fourth-order valence-corrected chi connectivity index (χ4v) is 3.49. The highest BCUT2D eigenvalue weighted by Gasteiger charge is 2.34. The molecule has 1 aromatic heterocycles. The van der Waals surface area contributed by atoms with Crippen LogP contribution in [0.3, 0.4) is 0 Å². The van der Waals surface area contributed by atoms with Gasteiger partial charge in [-0.05, 0) is 43.3 Å². The van der Waals surface area contributed by atoms with Gasteiger partial charge >= 0.3 is 6.18 Å². The van der Waals surface area contributed by atoms with Gasteiger partial charge in [0.25, 0.3) is 0 Å². The van der Waals surface area contributed by atoms with E-state index in [4.69, 9.17) is 4.74 Å². The lowest BCUT2D eigenvalue weighted by Gasteiger charge is -2.16. The van der Waals surface area contributed by atoms with Crippen molar-refractivity contribution in [1.82, 2.24) is 9.55 Å². The van der Waals surface area contributed by atoms with E-state index in [0.29, 0.717) is 10.9 Å². The van der Waals surface area contributed by atoms with Gasteiger partial charge in [-0.15, -0.1) is 0 Å². The molecule has 0 aliphatic carbocycles. The number of nitrogens with zero attached hydrogens (tertiary/aromatic N) is 2. The third-order valence-electron chi connectivity index (χ3n) is 4.10. The average Bonchev–Trinajstić information content (AvgIpc) is 3.15. The Morgan fingerprint density at radius 2 is 1.86 bits per heavy atom. The van der Waals surface area contributed by atoms with E-state index in [-0.39, 0.29) is 5.69 Å². The second-order valence-corrected chi connectivity index (χ2v) is 7.38. The van der Waals surface area contributed by atoms with Crippen molar-refractivity contribution >= 4 is 23.4 Å². The van der Waals surface area contributed by atoms with Crippen LogP contribution in [0.5, 0.6) is 5.75 Å². The molecule has 1 heterocycles. The first-order valence-corrected chi connectivity index (χ1v) is 9.49. The Morgan fingerprint density at radius 1 is 1.17 bits per heavy atom. The minimum Gasteiger partial charge on any atom is -0.497 e. The molecule has 9 heteroatoms. The number of carbonyl (C=O) groups excluding carboxylic acids is 1. The minimum atomic E-state index is -4.55. The van der Waals surface area contributed by atoms with Crippen LogP contribution in [0.2, 0.25) is 0 Å². The summed E-state index contributed by atoms with van der Waals surface area (Å²) in [5.74, 6) is 0.162. The topological polar surface area (TPSA) is 56.2 Å². The standard InChI is InChI=1S/C20H18F3N3O2S/c1-13(18(27)25-17-6-4-3-5-16(17)20(21,22)23)29-19-24-11-12-26(19)14-7-9-15(28-2)10-8-14/h3-13H,1-2H3,(H,25,27). The van der Waals surface area contributed by atoms with E-state index in [1.807, 2.05) is 12.1 Å². The zero-order valence-electron chi connectivity index (χ0n) is 15.6. The molecule has 0 aliphatic heterocycles. The van der Waals surface area contributed by atoms with E-state index < -0.39 is 22.9 Å². The largest absolute Gasteiger partial charge is 0.497 e. The van der Waals surface area contributed by atoms with Crippen molar-refractivity contribution in [3.05, 3.63) is 66.5 Å². The van der Waals surface area contributed by atoms with Crippen LogP contribution in [0.1, 0.15) is 12.5 Å². The third-order valence-corrected chi connectivity index (χ3v) is 5.18. The zero-order valence-corrected chi connectivity index (χ0v) is 16.4. The Labute approximate surface area is 169 Å². The van der Waals surface area contributed by atoms with Gasteiger partial charge < -0.3 is 10.1 Å². The molecule has 0 bridgehead atoms. The quantitative estimate of drug-likeness (QED) is 0.568. The maximum absolute atomic E-state index is 13.1. The number of para-hydroxylation sites is 1. The Kier molecular flexibility index (Phi) is 6.17. The minimum absolute atomic E-state index is 0.268. The number of thioether (sulfide) groups is 1. The van der Waals surface area contributed by atoms with Gasteiger partial charge in [-0.1, -0.05) is 23.9 Å². The molecule has 0 fully saturated rings. The number of anilines is 1. The van der Waals surface area contributed by atoms with Crippen LogP contribution in [0.4, 0.5) is 18.9 Å². The molecule has 1 N–H and O–H groups in total. The number of aromatic nitrogens is 2. The van der Waals surface area contributed by atoms with Gasteiger partial charge in [-0.25, -0.2) is 4.98 Å². The van der Waals surface area contributed by atoms with Gasteiger partial charge in [-0.3, -0.25) is 9.36 Å². The molecule has 152 valence electrons. The molecular weight excluding hydrogens is 403 g/mol. The van der Waals surface area contributed by atoms with Crippen molar-refractivity contribution in [3.63, 3.8) is 0 Å². The molecule has 5 nitrogen and oxygen atoms in total. The molecular formula is C20H18F3N3O2S. The van der Waals surface area contributed by atoms with Gasteiger partial charge in [0, 0.05) is 18.1 Å². The first-order valence-electron chi connectivity index (χ1n) is 8.61. The number of imidazole rings is 1. The van der Waals surface area contributed by atoms with Crippen LogP contribution < -0.4 is 10.1 Å². The second kappa shape index (κ2) is 8.60. The number of methoxy groups -OCH3 is 1. The summed E-state index contributed by atoms with van der Waals surface area (Å²) in [6, 6.07) is 12.2. The molecule has 1 unspecified atom stereocenters. The fourth-order valence-electron chi connectivity index (χ4n) is 2.60. The molecule has 3 rings (SSSR count). The van der Waals surface area contributed by atoms with Gasteiger partial charge in [0.1, 0.15) is 5.75 Å². The summed E-state index contributed by atoms with van der Waals surface area (Å²) in [6.45, 7) is 1.61. The smallest absolute Gasteiger partial charge is 0.418 e. The highest BCUT2D eigenvalue weighted by atomic mass is 32.2. The average molecular weight is 421 g/mol. The first-order chi connectivity index (χ1) is 13.8. The van der Waals surface area contributed by atoms with Gasteiger partial charge in [0.05, 0.1) is 23.6 Å². The molecule has 0 saturated carbocycles. The fraction of sp³-hybridized carbons (Fsp3) is 0.200. The van der Waals surface area contributed by atoms with E-state index in [1.54, 1.807) is 43.1 Å². The van der Waals surface area contributed by atoms with E-state index in [2.05, 4.69) is 10.3 Å². The second-order valence-electron chi connectivity index (χ2n) is 6.07. The highest BCUT2D eigenvalue weighted by Crippen LogP contribution is 2.35. The molecule has 3 aromatic rings. The Balaban J connectivity index is 1.74. The van der Waals surface area contributed by atoms with Gasteiger partial charge in [0.2, 0.25) is 5.91 Å². The molecule has 1 atom stereocenters. The highest BCUT2D eigenvalue weighted by molar-refractivity contribution is 8.00. The molecule has 1 amide bonds. The number of alkyl halides is 3. The van der Waals surface area contributed by atoms with Gasteiger partial charge in [-0.2, -0.15) is 13.2 Å². The number of ether oxygens (including phenoxy) is 1. The van der Waals surface area contributed by atoms with E-state index in [1.165, 1.54) is 18.2 Å². The number of rotatable bonds is 6. The van der Waals surface area contributed by atoms with Crippen molar-refractivity contribution in [2.45, 2.75) is 23.5 Å². The number of halogens is 3. The monoisotopic (exact) mass is 421 g/mol. The molecule has 2 aromatic carbocycles. The lowest BCUT2D eigenvalue weighted by Crippen LogP contribution is -2.24. The van der Waals surface area contributed by atoms with Crippen LogP contribution in [0.15, 0.2) is 66.1 Å². The van der Waals surface area contributed by atoms with Gasteiger partial charge in [0.15, 0.2) is 5.16 Å². The Morgan fingerprint density at radius 3 is 2.52 bits per heavy atom.